The molecule has 3 aromatic rings. The van der Waals surface area contributed by atoms with Crippen molar-refractivity contribution in [2.45, 2.75) is 42.4 Å². The molecule has 4 rings (SSSR count). The summed E-state index contributed by atoms with van der Waals surface area (Å²) >= 11 is 0. The fourth-order valence-corrected chi connectivity index (χ4v) is 6.32. The molecule has 0 saturated heterocycles. The van der Waals surface area contributed by atoms with Crippen molar-refractivity contribution < 1.29 is 12.6 Å². The van der Waals surface area contributed by atoms with Crippen LogP contribution in [-0.2, 0) is 26.2 Å². The molecule has 0 amide bonds. The van der Waals surface area contributed by atoms with E-state index in [-0.39, 0.29) is 17.2 Å². The molecule has 0 spiro atoms. The molecule has 0 radical (unpaired) electrons. The number of aryl methyl sites for hydroxylation is 1. The SMILES string of the molecule is CCc1cccc(S(=O)(=O)NCCC#Cc2cnc3nc2NCCCCS(=N)(=O)c2cccc(c2)N3)c1. The van der Waals surface area contributed by atoms with Crippen LogP contribution in [0, 0.1) is 16.6 Å². The highest BCUT2D eigenvalue weighted by atomic mass is 32.2. The number of hydrogen-bond acceptors (Lipinski definition) is 8. The molecule has 1 aliphatic rings. The maximum Gasteiger partial charge on any atom is 0.240 e. The summed E-state index contributed by atoms with van der Waals surface area (Å²) in [5.74, 6) is 7.23. The summed E-state index contributed by atoms with van der Waals surface area (Å²) in [6, 6.07) is 13.9. The van der Waals surface area contributed by atoms with E-state index in [0.29, 0.717) is 47.3 Å². The number of hydrogen-bond donors (Lipinski definition) is 4. The molecule has 37 heavy (non-hydrogen) atoms. The maximum absolute atomic E-state index is 12.8. The first-order valence-corrected chi connectivity index (χ1v) is 15.3. The Balaban J connectivity index is 1.46. The molecule has 4 N–H and O–H groups in total. The van der Waals surface area contributed by atoms with Gasteiger partial charge in [-0.15, -0.1) is 0 Å². The molecule has 1 unspecified atom stereocenters. The second-order valence-corrected chi connectivity index (χ2v) is 12.6. The van der Waals surface area contributed by atoms with Crippen LogP contribution in [0.2, 0.25) is 0 Å². The lowest BCUT2D eigenvalue weighted by molar-refractivity contribution is 0.582. The lowest BCUT2D eigenvalue weighted by Crippen LogP contribution is -2.24. The molecule has 1 aliphatic heterocycles. The first-order valence-electron chi connectivity index (χ1n) is 12.1. The minimum absolute atomic E-state index is 0.178. The molecule has 4 bridgehead atoms. The summed E-state index contributed by atoms with van der Waals surface area (Å²) < 4.78 is 48.9. The van der Waals surface area contributed by atoms with Crippen molar-refractivity contribution >= 4 is 37.2 Å². The summed E-state index contributed by atoms with van der Waals surface area (Å²) in [5, 5.41) is 6.37. The molecule has 194 valence electrons. The summed E-state index contributed by atoms with van der Waals surface area (Å²) in [7, 11) is -6.47. The van der Waals surface area contributed by atoms with E-state index in [1.54, 1.807) is 42.6 Å². The van der Waals surface area contributed by atoms with Gasteiger partial charge < -0.3 is 10.6 Å². The number of anilines is 3. The third-order valence-corrected chi connectivity index (χ3v) is 9.13. The maximum atomic E-state index is 12.8. The highest BCUT2D eigenvalue weighted by Crippen LogP contribution is 2.22. The third-order valence-electron chi connectivity index (χ3n) is 5.79. The molecular formula is C26H30N6O3S2. The van der Waals surface area contributed by atoms with E-state index >= 15 is 0 Å². The molecule has 2 aromatic carbocycles. The summed E-state index contributed by atoms with van der Waals surface area (Å²) in [4.78, 5) is 9.64. The number of nitrogens with zero attached hydrogens (tertiary/aromatic N) is 2. The minimum atomic E-state index is -3.60. The third kappa shape index (κ3) is 7.07. The molecule has 0 saturated carbocycles. The normalized spacial score (nSPS) is 17.5. The Hall–Kier alpha value is -3.46. The second-order valence-electron chi connectivity index (χ2n) is 8.57. The number of sulfonamides is 1. The highest BCUT2D eigenvalue weighted by Gasteiger charge is 2.14. The Kier molecular flexibility index (Phi) is 8.43. The largest absolute Gasteiger partial charge is 0.369 e. The fourth-order valence-electron chi connectivity index (χ4n) is 3.75. The van der Waals surface area contributed by atoms with Crippen molar-refractivity contribution in [3.8, 4) is 11.8 Å². The van der Waals surface area contributed by atoms with Crippen LogP contribution in [0.15, 0.2) is 64.5 Å². The molecule has 0 fully saturated rings. The van der Waals surface area contributed by atoms with Gasteiger partial charge in [0.15, 0.2) is 0 Å². The van der Waals surface area contributed by atoms with Gasteiger partial charge in [0.05, 0.1) is 26.4 Å². The topological polar surface area (TPSA) is 137 Å². The van der Waals surface area contributed by atoms with E-state index in [9.17, 15) is 12.6 Å². The van der Waals surface area contributed by atoms with Gasteiger partial charge in [-0.3, -0.25) is 0 Å². The molecule has 2 heterocycles. The molecule has 1 aromatic heterocycles. The number of rotatable bonds is 5. The number of fused-ring (bicyclic) bond motifs is 4. The number of nitrogens with one attached hydrogen (secondary N) is 4. The zero-order valence-electron chi connectivity index (χ0n) is 20.6. The fraction of sp³-hybridized carbons (Fsp3) is 0.308. The van der Waals surface area contributed by atoms with Crippen LogP contribution < -0.4 is 15.4 Å². The molecule has 11 heteroatoms. The quantitative estimate of drug-likeness (QED) is 0.283. The Bertz CT molecular complexity index is 1540. The summed E-state index contributed by atoms with van der Waals surface area (Å²) in [6.45, 7) is 2.74. The lowest BCUT2D eigenvalue weighted by atomic mass is 10.2. The molecule has 1 atom stereocenters. The number of aromatic nitrogens is 2. The lowest BCUT2D eigenvalue weighted by Gasteiger charge is -2.10. The van der Waals surface area contributed by atoms with Gasteiger partial charge in [-0.2, -0.15) is 4.98 Å². The molecule has 9 nitrogen and oxygen atoms in total. The van der Waals surface area contributed by atoms with E-state index in [2.05, 4.69) is 37.2 Å². The monoisotopic (exact) mass is 538 g/mol. The van der Waals surface area contributed by atoms with Crippen LogP contribution in [0.25, 0.3) is 0 Å². The van der Waals surface area contributed by atoms with Crippen molar-refractivity contribution in [3.05, 3.63) is 65.9 Å². The molecule has 0 aliphatic carbocycles. The Morgan fingerprint density at radius 3 is 2.84 bits per heavy atom. The van der Waals surface area contributed by atoms with Gasteiger partial charge in [-0.1, -0.05) is 37.0 Å². The van der Waals surface area contributed by atoms with Crippen LogP contribution in [0.4, 0.5) is 17.5 Å². The van der Waals surface area contributed by atoms with E-state index in [1.165, 1.54) is 0 Å². The van der Waals surface area contributed by atoms with Gasteiger partial charge in [0.25, 0.3) is 0 Å². The number of benzene rings is 2. The predicted octanol–water partition coefficient (Wildman–Crippen LogP) is 4.11. The predicted molar refractivity (Wildman–Crippen MR) is 146 cm³/mol. The van der Waals surface area contributed by atoms with E-state index in [1.807, 2.05) is 19.1 Å². The van der Waals surface area contributed by atoms with Crippen molar-refractivity contribution in [2.24, 2.45) is 0 Å². The van der Waals surface area contributed by atoms with Crippen LogP contribution >= 0.6 is 0 Å². The Labute approximate surface area is 218 Å². The van der Waals surface area contributed by atoms with Gasteiger partial charge in [0.1, 0.15) is 5.82 Å². The van der Waals surface area contributed by atoms with Crippen molar-refractivity contribution in [1.29, 1.82) is 4.78 Å². The first kappa shape index (κ1) is 26.6. The van der Waals surface area contributed by atoms with Crippen molar-refractivity contribution in [2.75, 3.05) is 29.5 Å². The van der Waals surface area contributed by atoms with E-state index in [4.69, 9.17) is 4.78 Å². The summed E-state index contributed by atoms with van der Waals surface area (Å²) in [5.41, 5.74) is 2.21. The molecular weight excluding hydrogens is 508 g/mol. The highest BCUT2D eigenvalue weighted by molar-refractivity contribution is 7.92. The van der Waals surface area contributed by atoms with Crippen LogP contribution in [-0.4, -0.2) is 41.4 Å². The standard InChI is InChI=1S/C26H30N6O3S2/c1-2-20-9-7-13-24(17-20)37(34,35)30-15-4-3-10-21-19-29-26-31-22-11-8-12-23(18-22)36(27,33)16-6-5-14-28-25(21)32-26/h7-9,11-13,17-19,27,30H,2,4-6,14-16H2,1H3,(H2,28,29,31,32). The van der Waals surface area contributed by atoms with Gasteiger partial charge in [-0.05, 0) is 55.2 Å². The van der Waals surface area contributed by atoms with E-state index in [0.717, 1.165) is 18.4 Å². The van der Waals surface area contributed by atoms with Crippen LogP contribution in [0.1, 0.15) is 37.3 Å². The van der Waals surface area contributed by atoms with E-state index < -0.39 is 19.8 Å². The first-order chi connectivity index (χ1) is 17.8. The van der Waals surface area contributed by atoms with Gasteiger partial charge in [-0.25, -0.2) is 27.1 Å². The average Bonchev–Trinajstić information content (AvgIpc) is 2.89. The van der Waals surface area contributed by atoms with Crippen molar-refractivity contribution in [1.82, 2.24) is 14.7 Å². The Morgan fingerprint density at radius 1 is 1.16 bits per heavy atom. The van der Waals surface area contributed by atoms with Crippen LogP contribution in [0.3, 0.4) is 0 Å². The van der Waals surface area contributed by atoms with Gasteiger partial charge in [0.2, 0.25) is 16.0 Å². The van der Waals surface area contributed by atoms with Crippen LogP contribution in [0.5, 0.6) is 0 Å². The zero-order valence-corrected chi connectivity index (χ0v) is 22.2. The minimum Gasteiger partial charge on any atom is -0.369 e. The van der Waals surface area contributed by atoms with Gasteiger partial charge >= 0.3 is 0 Å². The average molecular weight is 539 g/mol. The Morgan fingerprint density at radius 2 is 2.00 bits per heavy atom. The van der Waals surface area contributed by atoms with Gasteiger partial charge in [0, 0.05) is 35.8 Å². The second kappa shape index (κ2) is 11.7. The van der Waals surface area contributed by atoms with Crippen molar-refractivity contribution in [3.63, 3.8) is 0 Å². The zero-order chi connectivity index (χ0) is 26.3. The summed E-state index contributed by atoms with van der Waals surface area (Å²) in [6.07, 6.45) is 4.04. The smallest absolute Gasteiger partial charge is 0.240 e.